The number of likely N-dealkylation sites (tertiary alicyclic amines) is 1. The maximum atomic E-state index is 10.7. The Morgan fingerprint density at radius 3 is 2.75 bits per heavy atom. The Morgan fingerprint density at radius 2 is 1.97 bits per heavy atom. The van der Waals surface area contributed by atoms with Crippen LogP contribution in [0.3, 0.4) is 0 Å². The molecule has 4 N–H and O–H groups in total. The molecule has 1 aliphatic rings. The van der Waals surface area contributed by atoms with Crippen LogP contribution in [0.4, 0.5) is 22.3 Å². The standard InChI is InChI=1S/C25H25N9OS/c1-2-17-5-3-6-20(13-17)33(26)24-22-23(28-16-29-24)31-25(36-22)34(27)19-10-8-18(9-11-19)15-32-12-4-7-21(32)14-30-35/h1,3,5-6,8-11,13,16,21H,4,7,12,14-15,26-27H2/t21-/m1/s1. The summed E-state index contributed by atoms with van der Waals surface area (Å²) in [5, 5.41) is 6.64. The van der Waals surface area contributed by atoms with Crippen LogP contribution in [-0.4, -0.2) is 39.0 Å². The van der Waals surface area contributed by atoms with Crippen molar-refractivity contribution in [2.24, 2.45) is 16.9 Å². The molecule has 4 aromatic rings. The van der Waals surface area contributed by atoms with Crippen LogP contribution >= 0.6 is 11.3 Å². The molecule has 0 amide bonds. The highest BCUT2D eigenvalue weighted by molar-refractivity contribution is 7.22. The molecule has 0 radical (unpaired) electrons. The van der Waals surface area contributed by atoms with Gasteiger partial charge in [0, 0.05) is 18.2 Å². The van der Waals surface area contributed by atoms with Crippen molar-refractivity contribution in [2.45, 2.75) is 25.4 Å². The average Bonchev–Trinajstić information content (AvgIpc) is 3.55. The number of thiazole rings is 1. The number of rotatable bonds is 8. The maximum Gasteiger partial charge on any atom is 0.207 e. The largest absolute Gasteiger partial charge is 0.294 e. The fourth-order valence-corrected chi connectivity index (χ4v) is 5.33. The molecule has 3 heterocycles. The van der Waals surface area contributed by atoms with Crippen LogP contribution < -0.4 is 21.7 Å². The van der Waals surface area contributed by atoms with Crippen LogP contribution in [0.2, 0.25) is 0 Å². The Hall–Kier alpha value is -3.95. The van der Waals surface area contributed by atoms with E-state index in [4.69, 9.17) is 18.1 Å². The number of hydrogen-bond donors (Lipinski definition) is 2. The van der Waals surface area contributed by atoms with Gasteiger partial charge in [-0.05, 0) is 55.3 Å². The van der Waals surface area contributed by atoms with E-state index in [0.717, 1.165) is 42.7 Å². The van der Waals surface area contributed by atoms with E-state index in [1.807, 2.05) is 48.5 Å². The van der Waals surface area contributed by atoms with E-state index in [0.29, 0.717) is 33.5 Å². The average molecular weight is 500 g/mol. The first kappa shape index (κ1) is 23.8. The van der Waals surface area contributed by atoms with Crippen molar-refractivity contribution < 1.29 is 0 Å². The SMILES string of the molecule is C#Cc1cccc(N(N)c2ncnc3nc(N(N)c4ccc(CN5CCC[C@@H]5CN=O)cc4)sc23)c1. The lowest BCUT2D eigenvalue weighted by molar-refractivity contribution is 0.250. The molecule has 182 valence electrons. The zero-order valence-electron chi connectivity index (χ0n) is 19.5. The lowest BCUT2D eigenvalue weighted by Crippen LogP contribution is -2.31. The molecule has 0 aliphatic carbocycles. The first-order chi connectivity index (χ1) is 17.6. The summed E-state index contributed by atoms with van der Waals surface area (Å²) in [4.78, 5) is 26.3. The van der Waals surface area contributed by atoms with Crippen LogP contribution in [0.5, 0.6) is 0 Å². The van der Waals surface area contributed by atoms with Gasteiger partial charge >= 0.3 is 0 Å². The van der Waals surface area contributed by atoms with Crippen molar-refractivity contribution in [3.8, 4) is 12.3 Å². The summed E-state index contributed by atoms with van der Waals surface area (Å²) in [6.45, 7) is 2.09. The zero-order valence-corrected chi connectivity index (χ0v) is 20.3. The summed E-state index contributed by atoms with van der Waals surface area (Å²) in [5.74, 6) is 16.0. The predicted octanol–water partition coefficient (Wildman–Crippen LogP) is 3.82. The van der Waals surface area contributed by atoms with Gasteiger partial charge in [-0.15, -0.1) is 6.42 Å². The molecular formula is C25H25N9OS. The number of benzene rings is 2. The summed E-state index contributed by atoms with van der Waals surface area (Å²) in [7, 11) is 0. The Labute approximate surface area is 212 Å². The van der Waals surface area contributed by atoms with Gasteiger partial charge in [-0.1, -0.05) is 40.6 Å². The summed E-state index contributed by atoms with van der Waals surface area (Å²) in [6, 6.07) is 15.6. The Balaban J connectivity index is 1.36. The van der Waals surface area contributed by atoms with Gasteiger partial charge in [0.05, 0.1) is 17.9 Å². The number of hydrazine groups is 2. The summed E-state index contributed by atoms with van der Waals surface area (Å²) < 4.78 is 0.706. The van der Waals surface area contributed by atoms with E-state index >= 15 is 0 Å². The van der Waals surface area contributed by atoms with Crippen LogP contribution in [0, 0.1) is 17.3 Å². The number of anilines is 4. The molecule has 0 unspecified atom stereocenters. The molecule has 1 aliphatic heterocycles. The van der Waals surface area contributed by atoms with Gasteiger partial charge in [0.15, 0.2) is 11.5 Å². The fraction of sp³-hybridized carbons (Fsp3) is 0.240. The lowest BCUT2D eigenvalue weighted by Gasteiger charge is -2.22. The molecule has 11 heteroatoms. The second-order valence-corrected chi connectivity index (χ2v) is 9.50. The van der Waals surface area contributed by atoms with Crippen molar-refractivity contribution in [2.75, 3.05) is 23.1 Å². The van der Waals surface area contributed by atoms with Gasteiger partial charge in [-0.25, -0.2) is 21.7 Å². The molecule has 0 spiro atoms. The van der Waals surface area contributed by atoms with E-state index in [-0.39, 0.29) is 6.04 Å². The van der Waals surface area contributed by atoms with Gasteiger partial charge in [0.2, 0.25) is 5.13 Å². The first-order valence-electron chi connectivity index (χ1n) is 11.5. The van der Waals surface area contributed by atoms with Gasteiger partial charge in [-0.2, -0.15) is 9.89 Å². The second-order valence-electron chi connectivity index (χ2n) is 8.53. The van der Waals surface area contributed by atoms with Crippen LogP contribution in [0.15, 0.2) is 60.0 Å². The van der Waals surface area contributed by atoms with Gasteiger partial charge < -0.3 is 0 Å². The minimum Gasteiger partial charge on any atom is -0.294 e. The van der Waals surface area contributed by atoms with E-state index in [1.165, 1.54) is 27.7 Å². The number of fused-ring (bicyclic) bond motifs is 1. The summed E-state index contributed by atoms with van der Waals surface area (Å²) >= 11 is 1.35. The van der Waals surface area contributed by atoms with Crippen molar-refractivity contribution in [1.29, 1.82) is 0 Å². The Bertz CT molecular complexity index is 1420. The van der Waals surface area contributed by atoms with Crippen LogP contribution in [-0.2, 0) is 6.54 Å². The topological polar surface area (TPSA) is 130 Å². The molecule has 0 bridgehead atoms. The monoisotopic (exact) mass is 499 g/mol. The van der Waals surface area contributed by atoms with Crippen molar-refractivity contribution in [3.05, 3.63) is 70.9 Å². The highest BCUT2D eigenvalue weighted by Crippen LogP contribution is 2.36. The van der Waals surface area contributed by atoms with E-state index in [2.05, 4.69) is 30.9 Å². The fourth-order valence-electron chi connectivity index (χ4n) is 4.38. The Kier molecular flexibility index (Phi) is 6.84. The minimum atomic E-state index is 0.224. The number of hydrogen-bond acceptors (Lipinski definition) is 11. The number of nitrogens with zero attached hydrogens (tertiary/aromatic N) is 7. The number of nitrogens with two attached hydrogens (primary N) is 2. The van der Waals surface area contributed by atoms with Crippen molar-refractivity contribution in [1.82, 2.24) is 19.9 Å². The van der Waals surface area contributed by atoms with Crippen molar-refractivity contribution >= 4 is 44.0 Å². The predicted molar refractivity (Wildman–Crippen MR) is 143 cm³/mol. The van der Waals surface area contributed by atoms with E-state index in [9.17, 15) is 4.91 Å². The normalized spacial score (nSPS) is 15.6. The number of aromatic nitrogens is 3. The highest BCUT2D eigenvalue weighted by Gasteiger charge is 2.24. The van der Waals surface area contributed by atoms with Gasteiger partial charge in [0.25, 0.3) is 0 Å². The molecule has 1 fully saturated rings. The molecule has 1 atom stereocenters. The molecular weight excluding hydrogens is 474 g/mol. The van der Waals surface area contributed by atoms with E-state index < -0.39 is 0 Å². The number of terminal acetylenes is 1. The molecule has 1 saturated heterocycles. The highest BCUT2D eigenvalue weighted by atomic mass is 32.1. The minimum absolute atomic E-state index is 0.224. The Morgan fingerprint density at radius 1 is 1.14 bits per heavy atom. The third kappa shape index (κ3) is 4.75. The quantitative estimate of drug-likeness (QED) is 0.161. The summed E-state index contributed by atoms with van der Waals surface area (Å²) in [5.41, 5.74) is 3.85. The van der Waals surface area contributed by atoms with Crippen LogP contribution in [0.25, 0.3) is 10.3 Å². The molecule has 36 heavy (non-hydrogen) atoms. The molecule has 10 nitrogen and oxygen atoms in total. The molecule has 2 aromatic heterocycles. The third-order valence-electron chi connectivity index (χ3n) is 6.27. The zero-order chi connectivity index (χ0) is 25.1. The molecule has 5 rings (SSSR count). The van der Waals surface area contributed by atoms with Gasteiger partial charge in [0.1, 0.15) is 11.0 Å². The smallest absolute Gasteiger partial charge is 0.207 e. The first-order valence-corrected chi connectivity index (χ1v) is 12.3. The van der Waals surface area contributed by atoms with Crippen molar-refractivity contribution in [3.63, 3.8) is 0 Å². The molecule has 0 saturated carbocycles. The van der Waals surface area contributed by atoms with Gasteiger partial charge in [-0.3, -0.25) is 14.9 Å². The summed E-state index contributed by atoms with van der Waals surface area (Å²) in [6.07, 6.45) is 9.05. The van der Waals surface area contributed by atoms with Crippen LogP contribution in [0.1, 0.15) is 24.0 Å². The second kappa shape index (κ2) is 10.3. The van der Waals surface area contributed by atoms with E-state index in [1.54, 1.807) is 0 Å². The lowest BCUT2D eigenvalue weighted by atomic mass is 10.1. The molecule has 2 aromatic carbocycles. The maximum absolute atomic E-state index is 10.7. The number of nitroso groups, excluding NO2 is 1. The third-order valence-corrected chi connectivity index (χ3v) is 7.31.